The van der Waals surface area contributed by atoms with Crippen LogP contribution in [0.4, 0.5) is 0 Å². The van der Waals surface area contributed by atoms with E-state index in [0.29, 0.717) is 6.54 Å². The van der Waals surface area contributed by atoms with Gasteiger partial charge in [0.15, 0.2) is 5.96 Å². The van der Waals surface area contributed by atoms with Crippen LogP contribution in [0.5, 0.6) is 5.75 Å². The quantitative estimate of drug-likeness (QED) is 0.446. The zero-order valence-electron chi connectivity index (χ0n) is 12.1. The number of thiophene rings is 1. The van der Waals surface area contributed by atoms with Gasteiger partial charge in [0.25, 0.3) is 0 Å². The smallest absolute Gasteiger partial charge is 0.191 e. The zero-order chi connectivity index (χ0) is 14.2. The molecule has 0 unspecified atom stereocenters. The number of nitrogens with zero attached hydrogens (tertiary/aromatic N) is 1. The van der Waals surface area contributed by atoms with Gasteiger partial charge in [0, 0.05) is 25.7 Å². The molecule has 0 radical (unpaired) electrons. The molecule has 0 fully saturated rings. The van der Waals surface area contributed by atoms with Crippen molar-refractivity contribution in [2.24, 2.45) is 4.99 Å². The second-order valence-corrected chi connectivity index (χ2v) is 5.00. The van der Waals surface area contributed by atoms with Gasteiger partial charge in [0.2, 0.25) is 0 Å². The summed E-state index contributed by atoms with van der Waals surface area (Å²) in [5.41, 5.74) is 2.36. The number of methoxy groups -OCH3 is 1. The highest BCUT2D eigenvalue weighted by molar-refractivity contribution is 14.0. The molecular weight excluding hydrogens is 397 g/mol. The summed E-state index contributed by atoms with van der Waals surface area (Å²) in [5, 5.41) is 10.8. The normalized spacial score (nSPS) is 10.7. The molecule has 0 amide bonds. The number of rotatable bonds is 5. The minimum absolute atomic E-state index is 0. The highest BCUT2D eigenvalue weighted by Crippen LogP contribution is 2.16. The maximum Gasteiger partial charge on any atom is 0.191 e. The summed E-state index contributed by atoms with van der Waals surface area (Å²) >= 11 is 1.70. The lowest BCUT2D eigenvalue weighted by molar-refractivity contribution is 0.409. The van der Waals surface area contributed by atoms with Crippen LogP contribution < -0.4 is 15.4 Å². The van der Waals surface area contributed by atoms with Crippen molar-refractivity contribution in [2.75, 3.05) is 14.2 Å². The number of benzene rings is 1. The van der Waals surface area contributed by atoms with Gasteiger partial charge in [-0.25, -0.2) is 0 Å². The summed E-state index contributed by atoms with van der Waals surface area (Å²) in [6.07, 6.45) is 0. The van der Waals surface area contributed by atoms with Crippen LogP contribution in [0.3, 0.4) is 0 Å². The first-order valence-corrected chi connectivity index (χ1v) is 7.35. The fourth-order valence-corrected chi connectivity index (χ4v) is 2.50. The third-order valence-corrected chi connectivity index (χ3v) is 3.63. The molecular formula is C15H20IN3OS. The van der Waals surface area contributed by atoms with Gasteiger partial charge in [-0.1, -0.05) is 18.2 Å². The Balaban J connectivity index is 0.00000220. The molecule has 0 aliphatic carbocycles. The summed E-state index contributed by atoms with van der Waals surface area (Å²) in [6, 6.07) is 10.1. The van der Waals surface area contributed by atoms with Crippen LogP contribution >= 0.6 is 35.3 Å². The van der Waals surface area contributed by atoms with Crippen LogP contribution in [0, 0.1) is 0 Å². The molecule has 4 nitrogen and oxygen atoms in total. The average molecular weight is 417 g/mol. The Labute approximate surface area is 146 Å². The highest BCUT2D eigenvalue weighted by Gasteiger charge is 2.03. The van der Waals surface area contributed by atoms with Crippen molar-refractivity contribution >= 4 is 41.3 Å². The first-order chi connectivity index (χ1) is 9.83. The van der Waals surface area contributed by atoms with Crippen LogP contribution in [-0.4, -0.2) is 20.1 Å². The monoisotopic (exact) mass is 417 g/mol. The fourth-order valence-electron chi connectivity index (χ4n) is 1.83. The lowest BCUT2D eigenvalue weighted by Crippen LogP contribution is -2.36. The van der Waals surface area contributed by atoms with Crippen molar-refractivity contribution in [2.45, 2.75) is 13.1 Å². The van der Waals surface area contributed by atoms with Gasteiger partial charge in [0.1, 0.15) is 5.75 Å². The minimum atomic E-state index is 0. The Hall–Kier alpha value is -1.28. The number of ether oxygens (including phenoxy) is 1. The van der Waals surface area contributed by atoms with Crippen molar-refractivity contribution in [1.82, 2.24) is 10.6 Å². The minimum Gasteiger partial charge on any atom is -0.496 e. The molecule has 6 heteroatoms. The molecule has 21 heavy (non-hydrogen) atoms. The van der Waals surface area contributed by atoms with Gasteiger partial charge >= 0.3 is 0 Å². The lowest BCUT2D eigenvalue weighted by atomic mass is 10.2. The van der Waals surface area contributed by atoms with Crippen molar-refractivity contribution in [3.8, 4) is 5.75 Å². The molecule has 1 aromatic carbocycles. The maximum atomic E-state index is 5.33. The van der Waals surface area contributed by atoms with E-state index in [4.69, 9.17) is 4.74 Å². The Bertz CT molecular complexity index is 558. The molecule has 2 aromatic rings. The number of guanidine groups is 1. The van der Waals surface area contributed by atoms with Gasteiger partial charge in [-0.3, -0.25) is 4.99 Å². The van der Waals surface area contributed by atoms with Crippen LogP contribution in [0.2, 0.25) is 0 Å². The number of hydrogen-bond donors (Lipinski definition) is 2. The Morgan fingerprint density at radius 1 is 1.19 bits per heavy atom. The molecule has 0 saturated carbocycles. The summed E-state index contributed by atoms with van der Waals surface area (Å²) in [6.45, 7) is 1.45. The van der Waals surface area contributed by atoms with E-state index in [1.165, 1.54) is 5.56 Å². The summed E-state index contributed by atoms with van der Waals surface area (Å²) in [4.78, 5) is 4.22. The number of nitrogens with one attached hydrogen (secondary N) is 2. The molecule has 0 spiro atoms. The van der Waals surface area contributed by atoms with E-state index in [1.807, 2.05) is 24.3 Å². The van der Waals surface area contributed by atoms with Crippen molar-refractivity contribution in [1.29, 1.82) is 0 Å². The van der Waals surface area contributed by atoms with E-state index < -0.39 is 0 Å². The molecule has 1 heterocycles. The molecule has 1 aromatic heterocycles. The Morgan fingerprint density at radius 3 is 2.62 bits per heavy atom. The molecule has 2 rings (SSSR count). The van der Waals surface area contributed by atoms with E-state index >= 15 is 0 Å². The Morgan fingerprint density at radius 2 is 1.95 bits per heavy atom. The van der Waals surface area contributed by atoms with E-state index in [-0.39, 0.29) is 24.0 Å². The fraction of sp³-hybridized carbons (Fsp3) is 0.267. The first kappa shape index (κ1) is 17.8. The Kier molecular flexibility index (Phi) is 8.14. The molecule has 2 N–H and O–H groups in total. The van der Waals surface area contributed by atoms with E-state index in [1.54, 1.807) is 25.5 Å². The van der Waals surface area contributed by atoms with E-state index in [0.717, 1.165) is 23.8 Å². The highest BCUT2D eigenvalue weighted by atomic mass is 127. The second-order valence-electron chi connectivity index (χ2n) is 4.22. The third kappa shape index (κ3) is 5.55. The lowest BCUT2D eigenvalue weighted by Gasteiger charge is -2.13. The largest absolute Gasteiger partial charge is 0.496 e. The van der Waals surface area contributed by atoms with Gasteiger partial charge < -0.3 is 15.4 Å². The number of hydrogen-bond acceptors (Lipinski definition) is 3. The van der Waals surface area contributed by atoms with Crippen LogP contribution in [0.25, 0.3) is 0 Å². The zero-order valence-corrected chi connectivity index (χ0v) is 15.3. The number of aliphatic imine (C=N–C) groups is 1. The summed E-state index contributed by atoms with van der Waals surface area (Å²) < 4.78 is 5.33. The van der Waals surface area contributed by atoms with Crippen molar-refractivity contribution < 1.29 is 4.74 Å². The predicted molar refractivity (Wildman–Crippen MR) is 99.8 cm³/mol. The number of para-hydroxylation sites is 1. The van der Waals surface area contributed by atoms with Crippen LogP contribution in [0.1, 0.15) is 11.1 Å². The van der Waals surface area contributed by atoms with E-state index in [2.05, 4.69) is 32.5 Å². The van der Waals surface area contributed by atoms with Gasteiger partial charge in [-0.05, 0) is 28.5 Å². The summed E-state index contributed by atoms with van der Waals surface area (Å²) in [5.74, 6) is 1.66. The van der Waals surface area contributed by atoms with Gasteiger partial charge in [-0.15, -0.1) is 24.0 Å². The van der Waals surface area contributed by atoms with Crippen LogP contribution in [0.15, 0.2) is 46.1 Å². The third-order valence-electron chi connectivity index (χ3n) is 2.90. The standard InChI is InChI=1S/C15H19N3OS.HI/c1-16-15(17-9-12-7-8-20-11-12)18-10-13-5-3-4-6-14(13)19-2;/h3-8,11H,9-10H2,1-2H3,(H2,16,17,18);1H. The molecule has 0 aliphatic rings. The first-order valence-electron chi connectivity index (χ1n) is 6.41. The van der Waals surface area contributed by atoms with Gasteiger partial charge in [0.05, 0.1) is 7.11 Å². The average Bonchev–Trinajstić information content (AvgIpc) is 3.01. The molecule has 0 bridgehead atoms. The van der Waals surface area contributed by atoms with Gasteiger partial charge in [-0.2, -0.15) is 11.3 Å². The van der Waals surface area contributed by atoms with Crippen LogP contribution in [-0.2, 0) is 13.1 Å². The van der Waals surface area contributed by atoms with Crippen molar-refractivity contribution in [3.05, 3.63) is 52.2 Å². The second kappa shape index (κ2) is 9.62. The van der Waals surface area contributed by atoms with E-state index in [9.17, 15) is 0 Å². The topological polar surface area (TPSA) is 45.7 Å². The summed E-state index contributed by atoms with van der Waals surface area (Å²) in [7, 11) is 3.45. The molecule has 0 aliphatic heterocycles. The predicted octanol–water partition coefficient (Wildman–Crippen LogP) is 3.24. The SMILES string of the molecule is CN=C(NCc1ccsc1)NCc1ccccc1OC.I. The molecule has 0 atom stereocenters. The van der Waals surface area contributed by atoms with Crippen molar-refractivity contribution in [3.63, 3.8) is 0 Å². The maximum absolute atomic E-state index is 5.33. The molecule has 0 saturated heterocycles. The molecule has 114 valence electrons. The number of halogens is 1.